The van der Waals surface area contributed by atoms with Gasteiger partial charge in [-0.25, -0.2) is 4.79 Å². The highest BCUT2D eigenvalue weighted by atomic mass is 16.7. The third kappa shape index (κ3) is 1.96. The Morgan fingerprint density at radius 1 is 1.40 bits per heavy atom. The summed E-state index contributed by atoms with van der Waals surface area (Å²) in [5, 5.41) is 1.59. The van der Waals surface area contributed by atoms with Gasteiger partial charge in [-0.2, -0.15) is 0 Å². The van der Waals surface area contributed by atoms with E-state index >= 15 is 0 Å². The van der Waals surface area contributed by atoms with Gasteiger partial charge in [-0.1, -0.05) is 0 Å². The van der Waals surface area contributed by atoms with Crippen molar-refractivity contribution in [3.63, 3.8) is 0 Å². The molecular weight excluding hydrogens is 194 g/mol. The zero-order chi connectivity index (χ0) is 11.9. The van der Waals surface area contributed by atoms with Crippen molar-refractivity contribution < 1.29 is 14.4 Å². The average molecular weight is 211 g/mol. The molecule has 0 amide bonds. The summed E-state index contributed by atoms with van der Waals surface area (Å²) in [6, 6.07) is 0. The molecule has 4 nitrogen and oxygen atoms in total. The van der Waals surface area contributed by atoms with Gasteiger partial charge >= 0.3 is 5.97 Å². The van der Waals surface area contributed by atoms with Gasteiger partial charge < -0.3 is 4.84 Å². The molecular formula is C11H17NO3. The number of carbonyl (C=O) groups excluding carboxylic acids is 2. The second-order valence-corrected chi connectivity index (χ2v) is 5.01. The van der Waals surface area contributed by atoms with Crippen LogP contribution in [0.15, 0.2) is 5.57 Å². The van der Waals surface area contributed by atoms with Crippen LogP contribution in [0.25, 0.3) is 0 Å². The molecule has 0 atom stereocenters. The Bertz CT molecular complexity index is 338. The summed E-state index contributed by atoms with van der Waals surface area (Å²) in [4.78, 5) is 27.0. The number of hydrogen-bond donors (Lipinski definition) is 0. The van der Waals surface area contributed by atoms with Gasteiger partial charge in [0.05, 0.1) is 11.1 Å². The lowest BCUT2D eigenvalue weighted by atomic mass is 9.95. The van der Waals surface area contributed by atoms with Gasteiger partial charge in [-0.05, 0) is 27.7 Å². The zero-order valence-electron chi connectivity index (χ0n) is 9.88. The summed E-state index contributed by atoms with van der Waals surface area (Å²) < 4.78 is 0. The first-order valence-corrected chi connectivity index (χ1v) is 4.95. The fourth-order valence-electron chi connectivity index (χ4n) is 2.13. The van der Waals surface area contributed by atoms with E-state index < -0.39 is 5.54 Å². The molecule has 1 aliphatic rings. The van der Waals surface area contributed by atoms with E-state index in [0.717, 1.165) is 0 Å². The summed E-state index contributed by atoms with van der Waals surface area (Å²) in [6.07, 6.45) is 0.566. The predicted molar refractivity (Wildman–Crippen MR) is 55.6 cm³/mol. The van der Waals surface area contributed by atoms with Crippen LogP contribution in [0, 0.1) is 0 Å². The van der Waals surface area contributed by atoms with Gasteiger partial charge in [0.1, 0.15) is 5.94 Å². The van der Waals surface area contributed by atoms with E-state index in [1.165, 1.54) is 6.92 Å². The van der Waals surface area contributed by atoms with Gasteiger partial charge in [0.25, 0.3) is 0 Å². The second kappa shape index (κ2) is 3.47. The van der Waals surface area contributed by atoms with Crippen molar-refractivity contribution in [2.75, 3.05) is 0 Å². The Kier molecular flexibility index (Phi) is 2.77. The van der Waals surface area contributed by atoms with Crippen molar-refractivity contribution in [1.29, 1.82) is 0 Å². The molecule has 1 saturated heterocycles. The number of hydrogen-bond acceptors (Lipinski definition) is 4. The quantitative estimate of drug-likeness (QED) is 0.616. The smallest absolute Gasteiger partial charge is 0.322 e. The highest BCUT2D eigenvalue weighted by Crippen LogP contribution is 2.43. The maximum absolute atomic E-state index is 11.0. The van der Waals surface area contributed by atoms with Crippen LogP contribution in [0.3, 0.4) is 0 Å². The molecule has 1 aliphatic heterocycles. The Hall–Kier alpha value is -1.12. The van der Waals surface area contributed by atoms with Gasteiger partial charge in [0, 0.05) is 18.9 Å². The lowest BCUT2D eigenvalue weighted by Crippen LogP contribution is -2.49. The third-order valence-corrected chi connectivity index (χ3v) is 2.75. The van der Waals surface area contributed by atoms with Crippen molar-refractivity contribution in [3.8, 4) is 0 Å². The molecule has 0 aliphatic carbocycles. The van der Waals surface area contributed by atoms with Crippen LogP contribution in [0.1, 0.15) is 41.0 Å². The van der Waals surface area contributed by atoms with Crippen molar-refractivity contribution in [2.45, 2.75) is 52.1 Å². The molecule has 0 radical (unpaired) electrons. The van der Waals surface area contributed by atoms with Crippen LogP contribution >= 0.6 is 0 Å². The Morgan fingerprint density at radius 3 is 2.27 bits per heavy atom. The maximum atomic E-state index is 11.0. The third-order valence-electron chi connectivity index (χ3n) is 2.75. The van der Waals surface area contributed by atoms with Crippen molar-refractivity contribution >= 4 is 11.9 Å². The SMILES string of the molecule is CC(=O)ON1C(C)(C)CC(=C=O)C1(C)C. The first-order chi connectivity index (χ1) is 6.71. The van der Waals surface area contributed by atoms with Gasteiger partial charge in [-0.3, -0.25) is 4.79 Å². The lowest BCUT2D eigenvalue weighted by Gasteiger charge is -2.36. The Labute approximate surface area is 89.8 Å². The van der Waals surface area contributed by atoms with E-state index in [9.17, 15) is 9.59 Å². The van der Waals surface area contributed by atoms with Crippen molar-refractivity contribution in [1.82, 2.24) is 5.06 Å². The molecule has 1 heterocycles. The van der Waals surface area contributed by atoms with Gasteiger partial charge in [0.15, 0.2) is 0 Å². The van der Waals surface area contributed by atoms with Crippen LogP contribution < -0.4 is 0 Å². The molecule has 0 aromatic rings. The van der Waals surface area contributed by atoms with Crippen molar-refractivity contribution in [2.24, 2.45) is 0 Å². The first kappa shape index (κ1) is 12.0. The molecule has 0 N–H and O–H groups in total. The minimum Gasteiger partial charge on any atom is -0.367 e. The lowest BCUT2D eigenvalue weighted by molar-refractivity contribution is -0.229. The summed E-state index contributed by atoms with van der Waals surface area (Å²) in [6.45, 7) is 8.93. The van der Waals surface area contributed by atoms with E-state index in [1.807, 2.05) is 33.6 Å². The van der Waals surface area contributed by atoms with Crippen molar-refractivity contribution in [3.05, 3.63) is 5.57 Å². The van der Waals surface area contributed by atoms with Gasteiger partial charge in [-0.15, -0.1) is 5.06 Å². The van der Waals surface area contributed by atoms with E-state index in [-0.39, 0.29) is 11.5 Å². The van der Waals surface area contributed by atoms with Crippen LogP contribution in [-0.2, 0) is 14.4 Å². The maximum Gasteiger partial charge on any atom is 0.322 e. The first-order valence-electron chi connectivity index (χ1n) is 4.95. The van der Waals surface area contributed by atoms with E-state index in [2.05, 4.69) is 0 Å². The van der Waals surface area contributed by atoms with Gasteiger partial charge in [0.2, 0.25) is 0 Å². The molecule has 15 heavy (non-hydrogen) atoms. The van der Waals surface area contributed by atoms with E-state index in [1.54, 1.807) is 5.06 Å². The van der Waals surface area contributed by atoms with Crippen LogP contribution in [0.2, 0.25) is 0 Å². The summed E-state index contributed by atoms with van der Waals surface area (Å²) in [5.41, 5.74) is -0.299. The fraction of sp³-hybridized carbons (Fsp3) is 0.727. The van der Waals surface area contributed by atoms with Crippen LogP contribution in [-0.4, -0.2) is 28.1 Å². The molecule has 1 fully saturated rings. The highest BCUT2D eigenvalue weighted by Gasteiger charge is 2.51. The van der Waals surface area contributed by atoms with Crippen LogP contribution in [0.4, 0.5) is 0 Å². The van der Waals surface area contributed by atoms with E-state index in [4.69, 9.17) is 4.84 Å². The number of hydroxylamine groups is 2. The standard InChI is InChI=1S/C11H17NO3/c1-8(14)15-12-10(2,3)6-9(7-13)11(12,4)5/h6H2,1-5H3. The molecule has 0 spiro atoms. The molecule has 0 aromatic heterocycles. The molecule has 84 valence electrons. The minimum atomic E-state index is -0.572. The number of rotatable bonds is 1. The molecule has 4 heteroatoms. The predicted octanol–water partition coefficient (Wildman–Crippen LogP) is 1.49. The number of nitrogens with zero attached hydrogens (tertiary/aromatic N) is 1. The minimum absolute atomic E-state index is 0.359. The Balaban J connectivity index is 3.11. The highest BCUT2D eigenvalue weighted by molar-refractivity contribution is 5.66. The molecule has 0 bridgehead atoms. The fourth-order valence-corrected chi connectivity index (χ4v) is 2.13. The molecule has 1 rings (SSSR count). The summed E-state index contributed by atoms with van der Waals surface area (Å²) in [7, 11) is 0. The molecule has 0 aromatic carbocycles. The molecule has 0 saturated carbocycles. The molecule has 0 unspecified atom stereocenters. The average Bonchev–Trinajstić information content (AvgIpc) is 2.24. The topological polar surface area (TPSA) is 46.6 Å². The largest absolute Gasteiger partial charge is 0.367 e. The zero-order valence-corrected chi connectivity index (χ0v) is 9.88. The van der Waals surface area contributed by atoms with E-state index in [0.29, 0.717) is 12.0 Å². The number of carbonyl (C=O) groups is 1. The summed E-state index contributed by atoms with van der Waals surface area (Å²) >= 11 is 0. The Morgan fingerprint density at radius 2 is 1.93 bits per heavy atom. The second-order valence-electron chi connectivity index (χ2n) is 5.01. The monoisotopic (exact) mass is 211 g/mol. The summed E-state index contributed by atoms with van der Waals surface area (Å²) in [5.74, 6) is 1.57. The van der Waals surface area contributed by atoms with Crippen LogP contribution in [0.5, 0.6) is 0 Å². The normalized spacial score (nSPS) is 23.7.